The van der Waals surface area contributed by atoms with Crippen molar-refractivity contribution in [3.05, 3.63) is 48.4 Å². The molecule has 1 aromatic carbocycles. The number of nitrogens with one attached hydrogen (secondary N) is 1. The van der Waals surface area contributed by atoms with E-state index >= 15 is 0 Å². The van der Waals surface area contributed by atoms with Gasteiger partial charge in [0.1, 0.15) is 0 Å². The number of halogens is 2. The Morgan fingerprint density at radius 1 is 1.50 bits per heavy atom. The molecule has 1 N–H and O–H groups in total. The lowest BCUT2D eigenvalue weighted by Gasteiger charge is -2.17. The van der Waals surface area contributed by atoms with Crippen molar-refractivity contribution in [1.82, 2.24) is 10.3 Å². The van der Waals surface area contributed by atoms with E-state index in [4.69, 9.17) is 11.6 Å². The zero-order chi connectivity index (χ0) is 13.1. The first kappa shape index (κ1) is 14.2. The molecule has 5 heteroatoms. The van der Waals surface area contributed by atoms with Gasteiger partial charge in [-0.05, 0) is 60.3 Å². The van der Waals surface area contributed by atoms with E-state index in [0.29, 0.717) is 0 Å². The van der Waals surface area contributed by atoms with Gasteiger partial charge in [-0.15, -0.1) is 11.3 Å². The molecule has 2 rings (SSSR count). The molecule has 1 aromatic heterocycles. The van der Waals surface area contributed by atoms with Crippen LogP contribution < -0.4 is 5.32 Å². The van der Waals surface area contributed by atoms with Crippen LogP contribution in [-0.4, -0.2) is 12.0 Å². The first-order valence-electron chi connectivity index (χ1n) is 5.63. The molecule has 0 amide bonds. The van der Waals surface area contributed by atoms with E-state index in [1.54, 1.807) is 11.3 Å². The third kappa shape index (κ3) is 3.44. The molecule has 1 heterocycles. The molecule has 0 saturated carbocycles. The Morgan fingerprint density at radius 3 is 2.89 bits per heavy atom. The zero-order valence-electron chi connectivity index (χ0n) is 10.2. The van der Waals surface area contributed by atoms with Crippen molar-refractivity contribution in [2.24, 2.45) is 0 Å². The molecule has 96 valence electrons. The van der Waals surface area contributed by atoms with Crippen molar-refractivity contribution in [3.63, 3.8) is 0 Å². The molecule has 0 fully saturated rings. The van der Waals surface area contributed by atoms with Crippen molar-refractivity contribution in [1.29, 1.82) is 0 Å². The third-order valence-corrected chi connectivity index (χ3v) is 4.80. The number of aromatic nitrogens is 1. The minimum absolute atomic E-state index is 0.247. The number of nitrogens with zero attached hydrogens (tertiary/aromatic N) is 1. The normalized spacial score (nSPS) is 12.7. The molecule has 0 aliphatic rings. The summed E-state index contributed by atoms with van der Waals surface area (Å²) in [7, 11) is 1.97. The van der Waals surface area contributed by atoms with Crippen molar-refractivity contribution in [2.75, 3.05) is 7.05 Å². The maximum atomic E-state index is 6.08. The molecule has 1 atom stereocenters. The van der Waals surface area contributed by atoms with Crippen LogP contribution in [0.15, 0.2) is 23.6 Å². The SMILES string of the molecule is CNC(Cc1csc(C)n1)c1cc(Cl)ccc1I. The van der Waals surface area contributed by atoms with Crippen molar-refractivity contribution >= 4 is 45.5 Å². The number of hydrogen-bond donors (Lipinski definition) is 1. The Kier molecular flexibility index (Phi) is 5.00. The summed E-state index contributed by atoms with van der Waals surface area (Å²) >= 11 is 10.1. The average Bonchev–Trinajstić information content (AvgIpc) is 2.75. The van der Waals surface area contributed by atoms with E-state index in [0.717, 1.165) is 22.1 Å². The van der Waals surface area contributed by atoms with E-state index < -0.39 is 0 Å². The predicted octanol–water partition coefficient (Wildman–Crippen LogP) is 4.21. The summed E-state index contributed by atoms with van der Waals surface area (Å²) < 4.78 is 1.23. The van der Waals surface area contributed by atoms with Gasteiger partial charge in [-0.1, -0.05) is 11.6 Å². The van der Waals surface area contributed by atoms with Crippen LogP contribution in [-0.2, 0) is 6.42 Å². The fourth-order valence-electron chi connectivity index (χ4n) is 1.86. The number of benzene rings is 1. The molecule has 0 spiro atoms. The molecule has 18 heavy (non-hydrogen) atoms. The van der Waals surface area contributed by atoms with Crippen LogP contribution in [0.4, 0.5) is 0 Å². The van der Waals surface area contributed by atoms with Crippen LogP contribution in [0.3, 0.4) is 0 Å². The number of aryl methyl sites for hydroxylation is 1. The van der Waals surface area contributed by atoms with E-state index in [1.165, 1.54) is 9.13 Å². The van der Waals surface area contributed by atoms with Crippen molar-refractivity contribution in [2.45, 2.75) is 19.4 Å². The lowest BCUT2D eigenvalue weighted by atomic mass is 10.0. The second-order valence-corrected chi connectivity index (χ2v) is 6.73. The van der Waals surface area contributed by atoms with Gasteiger partial charge in [-0.25, -0.2) is 4.98 Å². The molecular formula is C13H14ClIN2S. The summed E-state index contributed by atoms with van der Waals surface area (Å²) in [5.74, 6) is 0. The van der Waals surface area contributed by atoms with Crippen molar-refractivity contribution < 1.29 is 0 Å². The summed E-state index contributed by atoms with van der Waals surface area (Å²) in [5.41, 5.74) is 2.36. The van der Waals surface area contributed by atoms with E-state index in [2.05, 4.69) is 44.3 Å². The van der Waals surface area contributed by atoms with Gasteiger partial charge >= 0.3 is 0 Å². The quantitative estimate of drug-likeness (QED) is 0.788. The first-order chi connectivity index (χ1) is 8.60. The first-order valence-corrected chi connectivity index (χ1v) is 7.97. The topological polar surface area (TPSA) is 24.9 Å². The summed E-state index contributed by atoms with van der Waals surface area (Å²) in [6.07, 6.45) is 0.886. The Labute approximate surface area is 130 Å². The molecule has 2 aromatic rings. The van der Waals surface area contributed by atoms with Gasteiger partial charge in [0.2, 0.25) is 0 Å². The highest BCUT2D eigenvalue weighted by molar-refractivity contribution is 14.1. The lowest BCUT2D eigenvalue weighted by molar-refractivity contribution is 0.583. The van der Waals surface area contributed by atoms with Crippen LogP contribution in [0.5, 0.6) is 0 Å². The number of hydrogen-bond acceptors (Lipinski definition) is 3. The smallest absolute Gasteiger partial charge is 0.0897 e. The highest BCUT2D eigenvalue weighted by atomic mass is 127. The molecule has 0 bridgehead atoms. The van der Waals surface area contributed by atoms with Gasteiger partial charge in [-0.2, -0.15) is 0 Å². The Hall–Kier alpha value is -0.170. The molecular weight excluding hydrogens is 379 g/mol. The maximum Gasteiger partial charge on any atom is 0.0897 e. The minimum Gasteiger partial charge on any atom is -0.313 e. The fourth-order valence-corrected chi connectivity index (χ4v) is 3.38. The molecule has 0 radical (unpaired) electrons. The molecule has 2 nitrogen and oxygen atoms in total. The average molecular weight is 393 g/mol. The standard InChI is InChI=1S/C13H14ClIN2S/c1-8-17-10(7-18-8)6-13(16-2)11-5-9(14)3-4-12(11)15/h3-5,7,13,16H,6H2,1-2H3. The number of likely N-dealkylation sites (N-methyl/N-ethyl adjacent to an activating group) is 1. The van der Waals surface area contributed by atoms with Crippen LogP contribution in [0.25, 0.3) is 0 Å². The molecule has 1 unspecified atom stereocenters. The van der Waals surface area contributed by atoms with Crippen LogP contribution in [0, 0.1) is 10.5 Å². The fraction of sp³-hybridized carbons (Fsp3) is 0.308. The minimum atomic E-state index is 0.247. The summed E-state index contributed by atoms with van der Waals surface area (Å²) in [4.78, 5) is 4.52. The molecule has 0 aliphatic heterocycles. The molecule has 0 aliphatic carbocycles. The Bertz CT molecular complexity index is 542. The van der Waals surface area contributed by atoms with Gasteiger partial charge in [0, 0.05) is 26.4 Å². The predicted molar refractivity (Wildman–Crippen MR) is 86.5 cm³/mol. The van der Waals surface area contributed by atoms with Crippen LogP contribution >= 0.6 is 45.5 Å². The maximum absolute atomic E-state index is 6.08. The molecule has 0 saturated heterocycles. The zero-order valence-corrected chi connectivity index (χ0v) is 13.9. The largest absolute Gasteiger partial charge is 0.313 e. The van der Waals surface area contributed by atoms with Gasteiger partial charge < -0.3 is 5.32 Å². The van der Waals surface area contributed by atoms with Gasteiger partial charge in [0.15, 0.2) is 0 Å². The van der Waals surface area contributed by atoms with E-state index in [1.807, 2.05) is 26.1 Å². The van der Waals surface area contributed by atoms with E-state index in [-0.39, 0.29) is 6.04 Å². The Morgan fingerprint density at radius 2 is 2.28 bits per heavy atom. The van der Waals surface area contributed by atoms with Crippen LogP contribution in [0.2, 0.25) is 5.02 Å². The van der Waals surface area contributed by atoms with E-state index in [9.17, 15) is 0 Å². The second kappa shape index (κ2) is 6.32. The summed E-state index contributed by atoms with van der Waals surface area (Å²) in [5, 5.41) is 7.36. The van der Waals surface area contributed by atoms with Gasteiger partial charge in [-0.3, -0.25) is 0 Å². The highest BCUT2D eigenvalue weighted by Gasteiger charge is 2.15. The lowest BCUT2D eigenvalue weighted by Crippen LogP contribution is -2.20. The number of rotatable bonds is 4. The third-order valence-electron chi connectivity index (χ3n) is 2.76. The summed E-state index contributed by atoms with van der Waals surface area (Å²) in [6.45, 7) is 2.03. The second-order valence-electron chi connectivity index (χ2n) is 4.07. The van der Waals surface area contributed by atoms with Gasteiger partial charge in [0.05, 0.1) is 10.7 Å². The number of thiazole rings is 1. The van der Waals surface area contributed by atoms with Crippen molar-refractivity contribution in [3.8, 4) is 0 Å². The van der Waals surface area contributed by atoms with Crippen LogP contribution in [0.1, 0.15) is 22.3 Å². The monoisotopic (exact) mass is 392 g/mol. The summed E-state index contributed by atoms with van der Waals surface area (Å²) in [6, 6.07) is 6.25. The highest BCUT2D eigenvalue weighted by Crippen LogP contribution is 2.26. The Balaban J connectivity index is 2.25. The van der Waals surface area contributed by atoms with Gasteiger partial charge in [0.25, 0.3) is 0 Å².